The average Bonchev–Trinajstić information content (AvgIpc) is 3.37. The van der Waals surface area contributed by atoms with Crippen molar-refractivity contribution in [3.8, 4) is 22.9 Å². The SMILES string of the molecule is COc1cc(-c2noc(C3CCN(C(=O)CNC(=O)c4ccccc4)CC3)n2)ccc1OC(F)(F)F. The molecule has 2 amide bonds. The maximum absolute atomic E-state index is 12.6. The molecule has 0 aliphatic carbocycles. The Balaban J connectivity index is 1.32. The lowest BCUT2D eigenvalue weighted by atomic mass is 9.96. The van der Waals surface area contributed by atoms with E-state index in [2.05, 4.69) is 20.2 Å². The molecular formula is C24H23F3N4O5. The summed E-state index contributed by atoms with van der Waals surface area (Å²) in [6.45, 7) is 0.818. The van der Waals surface area contributed by atoms with Crippen molar-refractivity contribution in [3.63, 3.8) is 0 Å². The molecule has 0 radical (unpaired) electrons. The van der Waals surface area contributed by atoms with Gasteiger partial charge in [0, 0.05) is 30.1 Å². The molecule has 9 nitrogen and oxygen atoms in total. The third kappa shape index (κ3) is 6.12. The van der Waals surface area contributed by atoms with Gasteiger partial charge in [0.05, 0.1) is 13.7 Å². The van der Waals surface area contributed by atoms with Crippen molar-refractivity contribution in [1.82, 2.24) is 20.4 Å². The lowest BCUT2D eigenvalue weighted by molar-refractivity contribution is -0.275. The molecule has 0 atom stereocenters. The second-order valence-electron chi connectivity index (χ2n) is 8.07. The Morgan fingerprint density at radius 3 is 2.50 bits per heavy atom. The van der Waals surface area contributed by atoms with Gasteiger partial charge in [-0.3, -0.25) is 9.59 Å². The number of likely N-dealkylation sites (tertiary alicyclic amines) is 1. The molecule has 1 aliphatic heterocycles. The highest BCUT2D eigenvalue weighted by atomic mass is 19.4. The van der Waals surface area contributed by atoms with Gasteiger partial charge in [-0.2, -0.15) is 4.98 Å². The minimum absolute atomic E-state index is 0.0797. The van der Waals surface area contributed by atoms with Gasteiger partial charge in [0.25, 0.3) is 5.91 Å². The zero-order valence-corrected chi connectivity index (χ0v) is 19.2. The van der Waals surface area contributed by atoms with E-state index in [1.165, 1.54) is 19.2 Å². The number of amides is 2. The van der Waals surface area contributed by atoms with E-state index in [-0.39, 0.29) is 35.9 Å². The summed E-state index contributed by atoms with van der Waals surface area (Å²) in [7, 11) is 1.23. The van der Waals surface area contributed by atoms with E-state index in [1.807, 2.05) is 0 Å². The third-order valence-corrected chi connectivity index (χ3v) is 5.72. The highest BCUT2D eigenvalue weighted by Gasteiger charge is 2.33. The first-order valence-electron chi connectivity index (χ1n) is 11.1. The zero-order valence-electron chi connectivity index (χ0n) is 19.2. The normalized spacial score (nSPS) is 14.4. The lowest BCUT2D eigenvalue weighted by Gasteiger charge is -2.30. The van der Waals surface area contributed by atoms with Crippen LogP contribution in [0.4, 0.5) is 13.2 Å². The van der Waals surface area contributed by atoms with E-state index < -0.39 is 12.1 Å². The minimum atomic E-state index is -4.85. The molecule has 4 rings (SSSR count). The summed E-state index contributed by atoms with van der Waals surface area (Å²) in [5.74, 6) is -0.599. The fourth-order valence-corrected chi connectivity index (χ4v) is 3.87. The molecule has 2 heterocycles. The third-order valence-electron chi connectivity index (χ3n) is 5.72. The van der Waals surface area contributed by atoms with Crippen LogP contribution in [0.5, 0.6) is 11.5 Å². The van der Waals surface area contributed by atoms with Crippen molar-refractivity contribution in [2.75, 3.05) is 26.7 Å². The van der Waals surface area contributed by atoms with Gasteiger partial charge in [-0.1, -0.05) is 23.4 Å². The number of nitrogens with one attached hydrogen (secondary N) is 1. The molecule has 3 aromatic rings. The maximum atomic E-state index is 12.6. The number of alkyl halides is 3. The number of methoxy groups -OCH3 is 1. The molecule has 190 valence electrons. The van der Waals surface area contributed by atoms with Crippen LogP contribution in [0.2, 0.25) is 0 Å². The fraction of sp³-hybridized carbons (Fsp3) is 0.333. The molecule has 1 aliphatic rings. The van der Waals surface area contributed by atoms with Crippen molar-refractivity contribution < 1.29 is 36.8 Å². The van der Waals surface area contributed by atoms with E-state index in [4.69, 9.17) is 9.26 Å². The lowest BCUT2D eigenvalue weighted by Crippen LogP contribution is -2.43. The summed E-state index contributed by atoms with van der Waals surface area (Å²) < 4.78 is 52.0. The molecule has 2 aromatic carbocycles. The van der Waals surface area contributed by atoms with Gasteiger partial charge in [0.2, 0.25) is 17.6 Å². The number of hydrogen-bond donors (Lipinski definition) is 1. The van der Waals surface area contributed by atoms with Crippen LogP contribution in [0.1, 0.15) is 35.0 Å². The summed E-state index contributed by atoms with van der Waals surface area (Å²) in [6, 6.07) is 12.5. The number of aromatic nitrogens is 2. The summed E-state index contributed by atoms with van der Waals surface area (Å²) in [5.41, 5.74) is 0.884. The number of ether oxygens (including phenoxy) is 2. The molecule has 1 saturated heterocycles. The number of hydrogen-bond acceptors (Lipinski definition) is 7. The van der Waals surface area contributed by atoms with Crippen LogP contribution in [0, 0.1) is 0 Å². The second kappa shape index (κ2) is 10.7. The number of piperidine rings is 1. The van der Waals surface area contributed by atoms with Gasteiger partial charge in [0.15, 0.2) is 11.5 Å². The van der Waals surface area contributed by atoms with Crippen LogP contribution in [0.25, 0.3) is 11.4 Å². The van der Waals surface area contributed by atoms with E-state index in [0.717, 1.165) is 6.07 Å². The Bertz CT molecular complexity index is 1210. The average molecular weight is 504 g/mol. The first-order valence-corrected chi connectivity index (χ1v) is 11.1. The molecule has 0 bridgehead atoms. The molecule has 36 heavy (non-hydrogen) atoms. The quantitative estimate of drug-likeness (QED) is 0.522. The number of benzene rings is 2. The van der Waals surface area contributed by atoms with Crippen molar-refractivity contribution in [1.29, 1.82) is 0 Å². The Morgan fingerprint density at radius 1 is 1.11 bits per heavy atom. The predicted octanol–water partition coefficient (Wildman–Crippen LogP) is 3.78. The van der Waals surface area contributed by atoms with E-state index >= 15 is 0 Å². The van der Waals surface area contributed by atoms with Gasteiger partial charge in [0.1, 0.15) is 0 Å². The van der Waals surface area contributed by atoms with Crippen molar-refractivity contribution >= 4 is 11.8 Å². The standard InChI is InChI=1S/C24H23F3N4O5/c1-34-19-13-17(7-8-18(19)35-24(25,26)27)21-29-23(36-30-21)16-9-11-31(12-10-16)20(32)14-28-22(33)15-5-3-2-4-6-15/h2-8,13,16H,9-12,14H2,1H3,(H,28,33). The van der Waals surface area contributed by atoms with E-state index in [9.17, 15) is 22.8 Å². The Hall–Kier alpha value is -4.09. The van der Waals surface area contributed by atoms with Gasteiger partial charge >= 0.3 is 6.36 Å². The molecule has 0 unspecified atom stereocenters. The maximum Gasteiger partial charge on any atom is 0.573 e. The zero-order chi connectivity index (χ0) is 25.7. The number of nitrogens with zero attached hydrogens (tertiary/aromatic N) is 3. The largest absolute Gasteiger partial charge is 0.573 e. The highest BCUT2D eigenvalue weighted by Crippen LogP contribution is 2.36. The summed E-state index contributed by atoms with van der Waals surface area (Å²) in [4.78, 5) is 30.7. The van der Waals surface area contributed by atoms with Crippen LogP contribution in [0.15, 0.2) is 53.1 Å². The monoisotopic (exact) mass is 504 g/mol. The van der Waals surface area contributed by atoms with Crippen molar-refractivity contribution in [3.05, 3.63) is 60.0 Å². The van der Waals surface area contributed by atoms with Crippen LogP contribution >= 0.6 is 0 Å². The number of carbonyl (C=O) groups excluding carboxylic acids is 2. The number of halogens is 3. The Labute approximate surface area is 204 Å². The molecule has 1 aromatic heterocycles. The van der Waals surface area contributed by atoms with Crippen LogP contribution in [-0.2, 0) is 4.79 Å². The first-order chi connectivity index (χ1) is 17.2. The number of rotatable bonds is 7. The summed E-state index contributed by atoms with van der Waals surface area (Å²) in [5, 5.41) is 6.57. The van der Waals surface area contributed by atoms with Gasteiger partial charge in [-0.15, -0.1) is 13.2 Å². The molecular weight excluding hydrogens is 481 g/mol. The summed E-state index contributed by atoms with van der Waals surface area (Å²) in [6.07, 6.45) is -3.68. The van der Waals surface area contributed by atoms with Gasteiger partial charge < -0.3 is 24.2 Å². The highest BCUT2D eigenvalue weighted by molar-refractivity contribution is 5.96. The van der Waals surface area contributed by atoms with E-state index in [1.54, 1.807) is 35.2 Å². The molecule has 1 N–H and O–H groups in total. The van der Waals surface area contributed by atoms with Crippen LogP contribution in [-0.4, -0.2) is 60.0 Å². The molecule has 12 heteroatoms. The summed E-state index contributed by atoms with van der Waals surface area (Å²) >= 11 is 0. The molecule has 1 fully saturated rings. The Kier molecular flexibility index (Phi) is 7.41. The topological polar surface area (TPSA) is 107 Å². The first kappa shape index (κ1) is 25.0. The second-order valence-corrected chi connectivity index (χ2v) is 8.07. The molecule has 0 spiro atoms. The van der Waals surface area contributed by atoms with Gasteiger partial charge in [-0.05, 0) is 43.2 Å². The predicted molar refractivity (Wildman–Crippen MR) is 120 cm³/mol. The van der Waals surface area contributed by atoms with Crippen LogP contribution in [0.3, 0.4) is 0 Å². The Morgan fingerprint density at radius 2 is 1.83 bits per heavy atom. The van der Waals surface area contributed by atoms with Crippen molar-refractivity contribution in [2.24, 2.45) is 0 Å². The van der Waals surface area contributed by atoms with E-state index in [0.29, 0.717) is 42.9 Å². The smallest absolute Gasteiger partial charge is 0.493 e. The van der Waals surface area contributed by atoms with Crippen molar-refractivity contribution in [2.45, 2.75) is 25.1 Å². The fourth-order valence-electron chi connectivity index (χ4n) is 3.87. The van der Waals surface area contributed by atoms with Crippen LogP contribution < -0.4 is 14.8 Å². The number of carbonyl (C=O) groups is 2. The molecule has 0 saturated carbocycles. The van der Waals surface area contributed by atoms with Gasteiger partial charge in [-0.25, -0.2) is 0 Å². The minimum Gasteiger partial charge on any atom is -0.493 e.